The van der Waals surface area contributed by atoms with E-state index in [1.54, 1.807) is 4.68 Å². The highest BCUT2D eigenvalue weighted by molar-refractivity contribution is 5.80. The first-order valence-electron chi connectivity index (χ1n) is 5.58. The Bertz CT molecular complexity index is 374. The lowest BCUT2D eigenvalue weighted by molar-refractivity contribution is -0.118. The molecule has 0 bridgehead atoms. The van der Waals surface area contributed by atoms with E-state index in [1.165, 1.54) is 0 Å². The van der Waals surface area contributed by atoms with Crippen molar-refractivity contribution < 1.29 is 4.79 Å². The maximum Gasteiger partial charge on any atom is 0.138 e. The maximum atomic E-state index is 11.7. The van der Waals surface area contributed by atoms with E-state index in [4.69, 9.17) is 5.73 Å². The number of rotatable bonds is 5. The Morgan fingerprint density at radius 3 is 2.62 bits per heavy atom. The van der Waals surface area contributed by atoms with Crippen LogP contribution in [-0.4, -0.2) is 21.1 Å². The Kier molecular flexibility index (Phi) is 3.86. The standard InChI is InChI=1S/C12H21N3O/c1-9-7-10(15(4)14-9)8-11(16)5-6-12(2,3)13/h7H,5-6,8,13H2,1-4H3. The summed E-state index contributed by atoms with van der Waals surface area (Å²) in [5.74, 6) is 0.224. The van der Waals surface area contributed by atoms with Crippen LogP contribution in [0.4, 0.5) is 0 Å². The summed E-state index contributed by atoms with van der Waals surface area (Å²) < 4.78 is 1.76. The molecule has 0 spiro atoms. The molecule has 0 saturated heterocycles. The first-order valence-corrected chi connectivity index (χ1v) is 5.58. The van der Waals surface area contributed by atoms with Crippen LogP contribution in [0.1, 0.15) is 38.1 Å². The summed E-state index contributed by atoms with van der Waals surface area (Å²) in [6.45, 7) is 5.81. The number of ketones is 1. The van der Waals surface area contributed by atoms with E-state index in [0.717, 1.165) is 17.8 Å². The highest BCUT2D eigenvalue weighted by atomic mass is 16.1. The van der Waals surface area contributed by atoms with Gasteiger partial charge in [0, 0.05) is 31.1 Å². The van der Waals surface area contributed by atoms with Gasteiger partial charge in [-0.2, -0.15) is 5.10 Å². The van der Waals surface area contributed by atoms with Crippen molar-refractivity contribution in [3.05, 3.63) is 17.5 Å². The highest BCUT2D eigenvalue weighted by Gasteiger charge is 2.14. The molecule has 0 saturated carbocycles. The van der Waals surface area contributed by atoms with Crippen LogP contribution >= 0.6 is 0 Å². The second-order valence-corrected chi connectivity index (χ2v) is 5.10. The van der Waals surface area contributed by atoms with Crippen molar-refractivity contribution in [3.8, 4) is 0 Å². The molecule has 1 aromatic rings. The summed E-state index contributed by atoms with van der Waals surface area (Å²) >= 11 is 0. The molecular weight excluding hydrogens is 202 g/mol. The topological polar surface area (TPSA) is 60.9 Å². The van der Waals surface area contributed by atoms with E-state index in [2.05, 4.69) is 5.10 Å². The van der Waals surface area contributed by atoms with Gasteiger partial charge in [-0.1, -0.05) is 0 Å². The molecule has 0 amide bonds. The molecule has 1 heterocycles. The van der Waals surface area contributed by atoms with Gasteiger partial charge < -0.3 is 5.73 Å². The zero-order valence-corrected chi connectivity index (χ0v) is 10.6. The van der Waals surface area contributed by atoms with Gasteiger partial charge >= 0.3 is 0 Å². The first-order chi connectivity index (χ1) is 7.28. The SMILES string of the molecule is Cc1cc(CC(=O)CCC(C)(C)N)n(C)n1. The van der Waals surface area contributed by atoms with Crippen molar-refractivity contribution >= 4 is 5.78 Å². The molecule has 0 radical (unpaired) electrons. The zero-order chi connectivity index (χ0) is 12.3. The van der Waals surface area contributed by atoms with Crippen LogP contribution in [0.2, 0.25) is 0 Å². The number of nitrogens with zero attached hydrogens (tertiary/aromatic N) is 2. The lowest BCUT2D eigenvalue weighted by atomic mass is 9.97. The number of hydrogen-bond acceptors (Lipinski definition) is 3. The number of carbonyl (C=O) groups is 1. The molecule has 1 rings (SSSR count). The van der Waals surface area contributed by atoms with E-state index in [1.807, 2.05) is 33.9 Å². The Morgan fingerprint density at radius 2 is 2.19 bits per heavy atom. The van der Waals surface area contributed by atoms with Crippen LogP contribution in [0.3, 0.4) is 0 Å². The van der Waals surface area contributed by atoms with Crippen molar-refractivity contribution in [2.24, 2.45) is 12.8 Å². The van der Waals surface area contributed by atoms with Crippen LogP contribution in [0.15, 0.2) is 6.07 Å². The molecule has 1 aromatic heterocycles. The van der Waals surface area contributed by atoms with Crippen molar-refractivity contribution in [2.45, 2.75) is 45.6 Å². The van der Waals surface area contributed by atoms with Crippen LogP contribution < -0.4 is 5.73 Å². The normalized spacial score (nSPS) is 11.8. The van der Waals surface area contributed by atoms with Crippen LogP contribution in [0, 0.1) is 6.92 Å². The fourth-order valence-corrected chi connectivity index (χ4v) is 1.58. The van der Waals surface area contributed by atoms with Crippen molar-refractivity contribution in [1.29, 1.82) is 0 Å². The highest BCUT2D eigenvalue weighted by Crippen LogP contribution is 2.10. The van der Waals surface area contributed by atoms with E-state index in [0.29, 0.717) is 12.8 Å². The minimum absolute atomic E-state index is 0.224. The van der Waals surface area contributed by atoms with Gasteiger partial charge in [0.15, 0.2) is 0 Å². The van der Waals surface area contributed by atoms with Crippen molar-refractivity contribution in [1.82, 2.24) is 9.78 Å². The Labute approximate surface area is 96.8 Å². The summed E-state index contributed by atoms with van der Waals surface area (Å²) in [4.78, 5) is 11.7. The molecule has 0 aliphatic rings. The molecule has 0 fully saturated rings. The van der Waals surface area contributed by atoms with Gasteiger partial charge in [0.1, 0.15) is 5.78 Å². The lowest BCUT2D eigenvalue weighted by Gasteiger charge is -2.17. The smallest absolute Gasteiger partial charge is 0.138 e. The van der Waals surface area contributed by atoms with Crippen LogP contribution in [0.25, 0.3) is 0 Å². The fourth-order valence-electron chi connectivity index (χ4n) is 1.58. The van der Waals surface area contributed by atoms with E-state index >= 15 is 0 Å². The molecule has 4 nitrogen and oxygen atoms in total. The predicted octanol–water partition coefficient (Wildman–Crippen LogP) is 1.36. The number of Topliss-reactive ketones (excluding diaryl/α,β-unsaturated/α-hetero) is 1. The number of aromatic nitrogens is 2. The molecule has 0 unspecified atom stereocenters. The summed E-state index contributed by atoms with van der Waals surface area (Å²) in [7, 11) is 1.86. The predicted molar refractivity (Wildman–Crippen MR) is 64.2 cm³/mol. The van der Waals surface area contributed by atoms with Gasteiger partial charge in [-0.25, -0.2) is 0 Å². The first kappa shape index (κ1) is 12.9. The minimum atomic E-state index is -0.266. The van der Waals surface area contributed by atoms with Gasteiger partial charge in [0.2, 0.25) is 0 Å². The summed E-state index contributed by atoms with van der Waals surface area (Å²) in [5, 5.41) is 4.21. The number of carbonyl (C=O) groups excluding carboxylic acids is 1. The van der Waals surface area contributed by atoms with Crippen LogP contribution in [0.5, 0.6) is 0 Å². The molecule has 0 aliphatic heterocycles. The summed E-state index contributed by atoms with van der Waals surface area (Å²) in [5.41, 5.74) is 7.49. The second kappa shape index (κ2) is 4.78. The molecule has 16 heavy (non-hydrogen) atoms. The van der Waals surface area contributed by atoms with Gasteiger partial charge in [-0.3, -0.25) is 9.48 Å². The van der Waals surface area contributed by atoms with Crippen LogP contribution in [-0.2, 0) is 18.3 Å². The van der Waals surface area contributed by atoms with Gasteiger partial charge in [-0.15, -0.1) is 0 Å². The molecule has 90 valence electrons. The number of hydrogen-bond donors (Lipinski definition) is 1. The number of aryl methyl sites for hydroxylation is 2. The van der Waals surface area contributed by atoms with Gasteiger partial charge in [-0.05, 0) is 33.3 Å². The Morgan fingerprint density at radius 1 is 1.56 bits per heavy atom. The molecule has 0 aromatic carbocycles. The van der Waals surface area contributed by atoms with E-state index < -0.39 is 0 Å². The quantitative estimate of drug-likeness (QED) is 0.819. The van der Waals surface area contributed by atoms with E-state index in [9.17, 15) is 4.79 Å². The second-order valence-electron chi connectivity index (χ2n) is 5.10. The van der Waals surface area contributed by atoms with Crippen molar-refractivity contribution in [3.63, 3.8) is 0 Å². The molecular formula is C12H21N3O. The van der Waals surface area contributed by atoms with Gasteiger partial charge in [0.25, 0.3) is 0 Å². The minimum Gasteiger partial charge on any atom is -0.326 e. The summed E-state index contributed by atoms with van der Waals surface area (Å²) in [6.07, 6.45) is 1.71. The third-order valence-corrected chi connectivity index (χ3v) is 2.53. The van der Waals surface area contributed by atoms with Crippen molar-refractivity contribution in [2.75, 3.05) is 0 Å². The fraction of sp³-hybridized carbons (Fsp3) is 0.667. The molecule has 4 heteroatoms. The van der Waals surface area contributed by atoms with Gasteiger partial charge in [0.05, 0.1) is 5.69 Å². The molecule has 0 atom stereocenters. The average Bonchev–Trinajstić information content (AvgIpc) is 2.41. The third kappa shape index (κ3) is 4.14. The Balaban J connectivity index is 2.49. The summed E-state index contributed by atoms with van der Waals surface area (Å²) in [6, 6.07) is 1.95. The molecule has 0 aliphatic carbocycles. The number of nitrogens with two attached hydrogens (primary N) is 1. The lowest BCUT2D eigenvalue weighted by Crippen LogP contribution is -2.32. The third-order valence-electron chi connectivity index (χ3n) is 2.53. The van der Waals surface area contributed by atoms with E-state index in [-0.39, 0.29) is 11.3 Å². The Hall–Kier alpha value is -1.16. The molecule has 2 N–H and O–H groups in total. The average molecular weight is 223 g/mol. The zero-order valence-electron chi connectivity index (χ0n) is 10.6. The maximum absolute atomic E-state index is 11.7. The largest absolute Gasteiger partial charge is 0.326 e. The monoisotopic (exact) mass is 223 g/mol.